The normalized spacial score (nSPS) is 21.3. The van der Waals surface area contributed by atoms with Crippen LogP contribution in [0.1, 0.15) is 31.4 Å². The highest BCUT2D eigenvalue weighted by atomic mass is 35.5. The average molecular weight is 283 g/mol. The standard InChI is InChI=1S/C14H19ClN2O2/c1-2-13(11-5-3-4-6-12(11)15)17-8-7-10(9-17)16-14(18)19/h3-6,10,13,16H,2,7-9H2,1H3,(H,18,19)/t10?,13-/m0/s1. The van der Waals surface area contributed by atoms with E-state index in [0.717, 1.165) is 36.5 Å². The number of amides is 1. The van der Waals surface area contributed by atoms with Crippen molar-refractivity contribution in [2.45, 2.75) is 31.8 Å². The summed E-state index contributed by atoms with van der Waals surface area (Å²) in [6.45, 7) is 3.77. The summed E-state index contributed by atoms with van der Waals surface area (Å²) in [4.78, 5) is 13.0. The Morgan fingerprint density at radius 1 is 1.58 bits per heavy atom. The smallest absolute Gasteiger partial charge is 0.404 e. The Morgan fingerprint density at radius 2 is 2.32 bits per heavy atom. The van der Waals surface area contributed by atoms with Gasteiger partial charge in [0.25, 0.3) is 0 Å². The number of rotatable bonds is 4. The monoisotopic (exact) mass is 282 g/mol. The van der Waals surface area contributed by atoms with Gasteiger partial charge in [0.15, 0.2) is 0 Å². The maximum atomic E-state index is 10.7. The minimum absolute atomic E-state index is 0.0223. The molecular formula is C14H19ClN2O2. The first-order valence-electron chi connectivity index (χ1n) is 6.59. The molecule has 19 heavy (non-hydrogen) atoms. The zero-order chi connectivity index (χ0) is 13.8. The van der Waals surface area contributed by atoms with Gasteiger partial charge in [0.2, 0.25) is 0 Å². The first-order valence-corrected chi connectivity index (χ1v) is 6.97. The Morgan fingerprint density at radius 3 is 2.95 bits per heavy atom. The molecule has 1 aromatic carbocycles. The number of halogens is 1. The lowest BCUT2D eigenvalue weighted by atomic mass is 10.0. The van der Waals surface area contributed by atoms with Crippen molar-refractivity contribution in [1.29, 1.82) is 0 Å². The van der Waals surface area contributed by atoms with Gasteiger partial charge in [0.1, 0.15) is 0 Å². The van der Waals surface area contributed by atoms with E-state index in [4.69, 9.17) is 16.7 Å². The van der Waals surface area contributed by atoms with Crippen LogP contribution < -0.4 is 5.32 Å². The molecule has 0 aromatic heterocycles. The van der Waals surface area contributed by atoms with Gasteiger partial charge >= 0.3 is 6.09 Å². The summed E-state index contributed by atoms with van der Waals surface area (Å²) in [6.07, 6.45) is 0.870. The van der Waals surface area contributed by atoms with Crippen molar-refractivity contribution in [3.05, 3.63) is 34.9 Å². The lowest BCUT2D eigenvalue weighted by molar-refractivity contribution is 0.187. The van der Waals surface area contributed by atoms with Crippen LogP contribution in [0.3, 0.4) is 0 Å². The number of hydrogen-bond donors (Lipinski definition) is 2. The highest BCUT2D eigenvalue weighted by Crippen LogP contribution is 2.32. The minimum Gasteiger partial charge on any atom is -0.465 e. The van der Waals surface area contributed by atoms with Gasteiger partial charge in [0.05, 0.1) is 0 Å². The molecule has 1 aromatic rings. The maximum Gasteiger partial charge on any atom is 0.404 e. The molecule has 2 atom stereocenters. The van der Waals surface area contributed by atoms with E-state index in [1.54, 1.807) is 0 Å². The van der Waals surface area contributed by atoms with E-state index in [-0.39, 0.29) is 12.1 Å². The summed E-state index contributed by atoms with van der Waals surface area (Å²) in [7, 11) is 0. The SMILES string of the molecule is CC[C@@H](c1ccccc1Cl)N1CCC(NC(=O)O)C1. The van der Waals surface area contributed by atoms with Crippen LogP contribution in [0, 0.1) is 0 Å². The Balaban J connectivity index is 2.08. The third kappa shape index (κ3) is 3.39. The zero-order valence-corrected chi connectivity index (χ0v) is 11.7. The lowest BCUT2D eigenvalue weighted by Crippen LogP contribution is -2.36. The number of benzene rings is 1. The summed E-state index contributed by atoms with van der Waals surface area (Å²) >= 11 is 6.26. The van der Waals surface area contributed by atoms with Crippen LogP contribution in [0.2, 0.25) is 5.02 Å². The number of carboxylic acid groups (broad SMARTS) is 1. The van der Waals surface area contributed by atoms with Gasteiger partial charge in [-0.15, -0.1) is 0 Å². The summed E-state index contributed by atoms with van der Waals surface area (Å²) < 4.78 is 0. The van der Waals surface area contributed by atoms with E-state index in [1.165, 1.54) is 0 Å². The molecule has 2 rings (SSSR count). The Kier molecular flexibility index (Phi) is 4.66. The van der Waals surface area contributed by atoms with Crippen LogP contribution in [0.4, 0.5) is 4.79 Å². The number of likely N-dealkylation sites (tertiary alicyclic amines) is 1. The van der Waals surface area contributed by atoms with Crippen molar-refractivity contribution < 1.29 is 9.90 Å². The summed E-state index contributed by atoms with van der Waals surface area (Å²) in [5, 5.41) is 12.1. The van der Waals surface area contributed by atoms with Crippen molar-refractivity contribution in [2.75, 3.05) is 13.1 Å². The van der Waals surface area contributed by atoms with Crippen LogP contribution >= 0.6 is 11.6 Å². The van der Waals surface area contributed by atoms with Gasteiger partial charge in [0, 0.05) is 30.2 Å². The molecule has 0 aliphatic carbocycles. The molecule has 1 saturated heterocycles. The second kappa shape index (κ2) is 6.26. The van der Waals surface area contributed by atoms with Crippen molar-refractivity contribution in [2.24, 2.45) is 0 Å². The molecule has 1 aliphatic rings. The molecular weight excluding hydrogens is 264 g/mol. The van der Waals surface area contributed by atoms with Gasteiger partial charge in [-0.2, -0.15) is 0 Å². The first-order chi connectivity index (χ1) is 9.11. The van der Waals surface area contributed by atoms with Crippen LogP contribution in [-0.4, -0.2) is 35.2 Å². The summed E-state index contributed by atoms with van der Waals surface area (Å²) in [6, 6.07) is 8.16. The fourth-order valence-corrected chi connectivity index (χ4v) is 3.04. The van der Waals surface area contributed by atoms with Crippen LogP contribution in [-0.2, 0) is 0 Å². The average Bonchev–Trinajstić information content (AvgIpc) is 2.80. The van der Waals surface area contributed by atoms with Crippen molar-refractivity contribution in [1.82, 2.24) is 10.2 Å². The fraction of sp³-hybridized carbons (Fsp3) is 0.500. The molecule has 104 valence electrons. The van der Waals surface area contributed by atoms with Crippen LogP contribution in [0.25, 0.3) is 0 Å². The minimum atomic E-state index is -0.947. The van der Waals surface area contributed by atoms with Crippen molar-refractivity contribution in [3.63, 3.8) is 0 Å². The molecule has 1 fully saturated rings. The van der Waals surface area contributed by atoms with E-state index in [1.807, 2.05) is 18.2 Å². The predicted octanol–water partition coefficient (Wildman–Crippen LogP) is 3.13. The second-order valence-electron chi connectivity index (χ2n) is 4.88. The van der Waals surface area contributed by atoms with Gasteiger partial charge in [-0.25, -0.2) is 4.79 Å². The van der Waals surface area contributed by atoms with Crippen LogP contribution in [0.15, 0.2) is 24.3 Å². The number of nitrogens with one attached hydrogen (secondary N) is 1. The molecule has 0 spiro atoms. The lowest BCUT2D eigenvalue weighted by Gasteiger charge is -2.28. The fourth-order valence-electron chi connectivity index (χ4n) is 2.78. The van der Waals surface area contributed by atoms with Crippen molar-refractivity contribution >= 4 is 17.7 Å². The molecule has 0 bridgehead atoms. The summed E-state index contributed by atoms with van der Waals surface area (Å²) in [5.41, 5.74) is 1.13. The molecule has 1 amide bonds. The Hall–Kier alpha value is -1.26. The van der Waals surface area contributed by atoms with E-state index in [2.05, 4.69) is 23.2 Å². The van der Waals surface area contributed by atoms with Gasteiger partial charge in [-0.05, 0) is 24.5 Å². The zero-order valence-electron chi connectivity index (χ0n) is 11.0. The highest BCUT2D eigenvalue weighted by molar-refractivity contribution is 6.31. The third-order valence-corrected chi connectivity index (χ3v) is 3.98. The predicted molar refractivity (Wildman–Crippen MR) is 75.6 cm³/mol. The molecule has 4 nitrogen and oxygen atoms in total. The highest BCUT2D eigenvalue weighted by Gasteiger charge is 2.29. The number of nitrogens with zero attached hydrogens (tertiary/aromatic N) is 1. The Bertz CT molecular complexity index is 453. The summed E-state index contributed by atoms with van der Waals surface area (Å²) in [5.74, 6) is 0. The molecule has 2 N–H and O–H groups in total. The maximum absolute atomic E-state index is 10.7. The van der Waals surface area contributed by atoms with E-state index < -0.39 is 6.09 Å². The molecule has 0 saturated carbocycles. The quantitative estimate of drug-likeness (QED) is 0.892. The molecule has 1 aliphatic heterocycles. The molecule has 1 heterocycles. The number of carbonyl (C=O) groups is 1. The van der Waals surface area contributed by atoms with E-state index in [9.17, 15) is 4.79 Å². The first kappa shape index (κ1) is 14.2. The van der Waals surface area contributed by atoms with Gasteiger partial charge < -0.3 is 10.4 Å². The van der Waals surface area contributed by atoms with E-state index >= 15 is 0 Å². The molecule has 0 radical (unpaired) electrons. The topological polar surface area (TPSA) is 52.6 Å². The second-order valence-corrected chi connectivity index (χ2v) is 5.28. The third-order valence-electron chi connectivity index (χ3n) is 3.64. The van der Waals surface area contributed by atoms with E-state index in [0.29, 0.717) is 0 Å². The van der Waals surface area contributed by atoms with Crippen LogP contribution in [0.5, 0.6) is 0 Å². The number of hydrogen-bond acceptors (Lipinski definition) is 2. The molecule has 1 unspecified atom stereocenters. The molecule has 5 heteroatoms. The van der Waals surface area contributed by atoms with Crippen molar-refractivity contribution in [3.8, 4) is 0 Å². The largest absolute Gasteiger partial charge is 0.465 e. The van der Waals surface area contributed by atoms with Gasteiger partial charge in [-0.3, -0.25) is 4.90 Å². The Labute approximate surface area is 118 Å². The van der Waals surface area contributed by atoms with Gasteiger partial charge in [-0.1, -0.05) is 36.7 Å².